The minimum absolute atomic E-state index is 0.0804. The average Bonchev–Trinajstić information content (AvgIpc) is 2.68. The topological polar surface area (TPSA) is 120 Å². The second-order valence-electron chi connectivity index (χ2n) is 7.43. The molecule has 8 heteroatoms. The Morgan fingerprint density at radius 2 is 1.43 bits per heavy atom. The van der Waals surface area contributed by atoms with Crippen molar-refractivity contribution in [2.75, 3.05) is 0 Å². The molecule has 3 aromatic carbocycles. The van der Waals surface area contributed by atoms with Gasteiger partial charge in [-0.05, 0) is 49.2 Å². The van der Waals surface area contributed by atoms with Crippen LogP contribution in [0.4, 0.5) is 0 Å². The van der Waals surface area contributed by atoms with Crippen molar-refractivity contribution in [1.82, 2.24) is 9.97 Å². The third-order valence-corrected chi connectivity index (χ3v) is 6.45. The molecule has 2 aromatic heterocycles. The van der Waals surface area contributed by atoms with Crippen LogP contribution in [0.15, 0.2) is 56.9 Å². The van der Waals surface area contributed by atoms with Gasteiger partial charge in [-0.2, -0.15) is 8.42 Å². The van der Waals surface area contributed by atoms with E-state index in [1.54, 1.807) is 49.4 Å². The van der Waals surface area contributed by atoms with Crippen molar-refractivity contribution in [2.24, 2.45) is 0 Å². The highest BCUT2D eigenvalue weighted by Gasteiger charge is 2.26. The largest absolute Gasteiger partial charge is 0.354 e. The molecule has 0 saturated carbocycles. The number of aromatic amines is 2. The number of aryl methyl sites for hydroxylation is 2. The number of fused-ring (bicyclic) bond motifs is 4. The van der Waals surface area contributed by atoms with E-state index in [2.05, 4.69) is 9.97 Å². The monoisotopic (exact) mass is 420 g/mol. The molecular weight excluding hydrogens is 404 g/mol. The molecule has 0 radical (unpaired) electrons. The Balaban J connectivity index is 2.22. The Morgan fingerprint density at radius 3 is 2.17 bits per heavy atom. The lowest BCUT2D eigenvalue weighted by Crippen LogP contribution is -2.16. The molecule has 0 saturated heterocycles. The molecule has 0 spiro atoms. The summed E-state index contributed by atoms with van der Waals surface area (Å²) in [7, 11) is -4.85. The summed E-state index contributed by atoms with van der Waals surface area (Å²) in [6.45, 7) is 3.52. The molecule has 0 aliphatic rings. The number of nitrogens with one attached hydrogen (secondary N) is 2. The molecule has 0 atom stereocenters. The minimum atomic E-state index is -4.85. The molecule has 150 valence electrons. The average molecular weight is 420 g/mol. The zero-order chi connectivity index (χ0) is 21.4. The predicted molar refractivity (Wildman–Crippen MR) is 117 cm³/mol. The summed E-state index contributed by atoms with van der Waals surface area (Å²) in [4.78, 5) is 32.0. The lowest BCUT2D eigenvalue weighted by Gasteiger charge is -2.14. The van der Waals surface area contributed by atoms with Crippen LogP contribution in [-0.4, -0.2) is 22.9 Å². The second kappa shape index (κ2) is 6.01. The van der Waals surface area contributed by atoms with Crippen LogP contribution in [0.1, 0.15) is 11.1 Å². The van der Waals surface area contributed by atoms with Gasteiger partial charge in [-0.3, -0.25) is 14.1 Å². The summed E-state index contributed by atoms with van der Waals surface area (Å²) < 4.78 is 35.0. The second-order valence-corrected chi connectivity index (χ2v) is 8.79. The van der Waals surface area contributed by atoms with E-state index < -0.39 is 20.4 Å². The number of para-hydroxylation sites is 1. The summed E-state index contributed by atoms with van der Waals surface area (Å²) in [6.07, 6.45) is 0. The molecule has 5 aromatic rings. The number of hydrogen-bond donors (Lipinski definition) is 3. The van der Waals surface area contributed by atoms with Gasteiger partial charge in [0.05, 0.1) is 27.3 Å². The SMILES string of the molecule is Cc1ccc2c(=O)c3c(S(=O)(=O)O)c4[nH]c5ccccc5c(=O)c4c(C)c3[nH]c2c1. The first-order valence-electron chi connectivity index (χ1n) is 9.19. The van der Waals surface area contributed by atoms with Crippen LogP contribution in [0, 0.1) is 13.8 Å². The van der Waals surface area contributed by atoms with Crippen molar-refractivity contribution in [3.63, 3.8) is 0 Å². The molecular formula is C22H16N2O5S. The third-order valence-electron chi connectivity index (χ3n) is 5.53. The van der Waals surface area contributed by atoms with Crippen LogP contribution < -0.4 is 10.9 Å². The molecule has 0 aliphatic heterocycles. The molecule has 30 heavy (non-hydrogen) atoms. The third kappa shape index (κ3) is 2.44. The first-order chi connectivity index (χ1) is 14.2. The van der Waals surface area contributed by atoms with Crippen LogP contribution in [0.5, 0.6) is 0 Å². The van der Waals surface area contributed by atoms with E-state index in [9.17, 15) is 22.6 Å². The fourth-order valence-electron chi connectivity index (χ4n) is 4.17. The molecule has 0 bridgehead atoms. The predicted octanol–water partition coefficient (Wildman–Crippen LogP) is 3.54. The van der Waals surface area contributed by atoms with Gasteiger partial charge in [0.2, 0.25) is 0 Å². The molecule has 0 aliphatic carbocycles. The zero-order valence-corrected chi connectivity index (χ0v) is 16.8. The first-order valence-corrected chi connectivity index (χ1v) is 10.6. The molecule has 2 heterocycles. The highest BCUT2D eigenvalue weighted by Crippen LogP contribution is 2.32. The van der Waals surface area contributed by atoms with E-state index in [1.165, 1.54) is 0 Å². The van der Waals surface area contributed by atoms with Gasteiger partial charge < -0.3 is 9.97 Å². The van der Waals surface area contributed by atoms with Crippen LogP contribution in [0.2, 0.25) is 0 Å². The number of pyridine rings is 2. The Kier molecular flexibility index (Phi) is 3.71. The lowest BCUT2D eigenvalue weighted by molar-refractivity contribution is 0.485. The van der Waals surface area contributed by atoms with Crippen LogP contribution in [0.25, 0.3) is 43.6 Å². The highest BCUT2D eigenvalue weighted by atomic mass is 32.2. The normalized spacial score (nSPS) is 12.4. The van der Waals surface area contributed by atoms with Crippen molar-refractivity contribution >= 4 is 53.7 Å². The summed E-state index contributed by atoms with van der Waals surface area (Å²) in [6, 6.07) is 11.8. The fraction of sp³-hybridized carbons (Fsp3) is 0.0909. The van der Waals surface area contributed by atoms with Crippen molar-refractivity contribution in [2.45, 2.75) is 18.7 Å². The molecule has 5 rings (SSSR count). The van der Waals surface area contributed by atoms with Crippen molar-refractivity contribution in [1.29, 1.82) is 0 Å². The molecule has 0 amide bonds. The Labute approximate surface area is 169 Å². The van der Waals surface area contributed by atoms with Gasteiger partial charge in [-0.15, -0.1) is 0 Å². The van der Waals surface area contributed by atoms with Crippen molar-refractivity contribution in [3.8, 4) is 0 Å². The zero-order valence-electron chi connectivity index (χ0n) is 16.0. The van der Waals surface area contributed by atoms with Gasteiger partial charge in [0, 0.05) is 16.3 Å². The lowest BCUT2D eigenvalue weighted by atomic mass is 10.00. The Morgan fingerprint density at radius 1 is 0.800 bits per heavy atom. The van der Waals surface area contributed by atoms with Gasteiger partial charge in [-0.25, -0.2) is 0 Å². The summed E-state index contributed by atoms with van der Waals surface area (Å²) in [5, 5.41) is 0.605. The maximum atomic E-state index is 13.3. The Hall–Kier alpha value is -3.49. The van der Waals surface area contributed by atoms with Gasteiger partial charge in [0.15, 0.2) is 10.9 Å². The van der Waals surface area contributed by atoms with Crippen LogP contribution >= 0.6 is 0 Å². The van der Waals surface area contributed by atoms with E-state index in [0.29, 0.717) is 27.4 Å². The summed E-state index contributed by atoms with van der Waals surface area (Å²) in [5.74, 6) is 0. The number of rotatable bonds is 1. The van der Waals surface area contributed by atoms with Gasteiger partial charge in [0.25, 0.3) is 10.1 Å². The summed E-state index contributed by atoms with van der Waals surface area (Å²) >= 11 is 0. The Bertz CT molecular complexity index is 1780. The van der Waals surface area contributed by atoms with E-state index in [4.69, 9.17) is 0 Å². The van der Waals surface area contributed by atoms with E-state index in [0.717, 1.165) is 5.56 Å². The minimum Gasteiger partial charge on any atom is -0.354 e. The number of hydrogen-bond acceptors (Lipinski definition) is 4. The molecule has 0 unspecified atom stereocenters. The van der Waals surface area contributed by atoms with Gasteiger partial charge in [-0.1, -0.05) is 18.2 Å². The van der Waals surface area contributed by atoms with E-state index in [-0.39, 0.29) is 27.2 Å². The molecule has 0 fully saturated rings. The van der Waals surface area contributed by atoms with E-state index >= 15 is 0 Å². The van der Waals surface area contributed by atoms with Crippen molar-refractivity contribution in [3.05, 3.63) is 74.0 Å². The standard InChI is InChI=1S/C22H16N2O5S/c1-10-7-8-13-15(9-10)24-18-11(2)16-19(22(30(27,28)29)17(18)21(13)26)23-14-6-4-3-5-12(14)20(16)25/h3-9H,1-2H3,(H,23,25)(H,24,26)(H,27,28,29). The molecule has 7 nitrogen and oxygen atoms in total. The van der Waals surface area contributed by atoms with Crippen molar-refractivity contribution < 1.29 is 13.0 Å². The molecule has 3 N–H and O–H groups in total. The maximum absolute atomic E-state index is 13.3. The van der Waals surface area contributed by atoms with Gasteiger partial charge >= 0.3 is 0 Å². The first kappa shape index (κ1) is 18.5. The quantitative estimate of drug-likeness (QED) is 0.283. The van der Waals surface area contributed by atoms with Crippen LogP contribution in [-0.2, 0) is 10.1 Å². The number of benzene rings is 3. The number of H-pyrrole nitrogens is 2. The maximum Gasteiger partial charge on any atom is 0.297 e. The fourth-order valence-corrected chi connectivity index (χ4v) is 5.04. The van der Waals surface area contributed by atoms with Gasteiger partial charge in [0.1, 0.15) is 4.90 Å². The highest BCUT2D eigenvalue weighted by molar-refractivity contribution is 7.86. The smallest absolute Gasteiger partial charge is 0.297 e. The van der Waals surface area contributed by atoms with Crippen LogP contribution in [0.3, 0.4) is 0 Å². The number of aromatic nitrogens is 2. The summed E-state index contributed by atoms with van der Waals surface area (Å²) in [5.41, 5.74) is 1.48. The van der Waals surface area contributed by atoms with E-state index in [1.807, 2.05) is 6.92 Å².